The van der Waals surface area contributed by atoms with E-state index in [1.807, 2.05) is 27.2 Å². The van der Waals surface area contributed by atoms with E-state index in [4.69, 9.17) is 9.05 Å². The molecular formula is C64H115N2O6P. The van der Waals surface area contributed by atoms with Crippen LogP contribution in [0.5, 0.6) is 0 Å². The van der Waals surface area contributed by atoms with Crippen molar-refractivity contribution in [1.82, 2.24) is 5.32 Å². The van der Waals surface area contributed by atoms with Crippen molar-refractivity contribution in [3.63, 3.8) is 0 Å². The Labute approximate surface area is 451 Å². The number of allylic oxidation sites excluding steroid dienone is 15. The van der Waals surface area contributed by atoms with Gasteiger partial charge in [0.25, 0.3) is 7.82 Å². The maximum absolute atomic E-state index is 12.9. The number of aliphatic hydroxyl groups is 1. The van der Waals surface area contributed by atoms with Gasteiger partial charge in [-0.05, 0) is 83.5 Å². The molecule has 73 heavy (non-hydrogen) atoms. The number of nitrogens with zero attached hydrogens (tertiary/aromatic N) is 1. The van der Waals surface area contributed by atoms with Gasteiger partial charge in [-0.25, -0.2) is 0 Å². The second-order valence-corrected chi connectivity index (χ2v) is 22.7. The van der Waals surface area contributed by atoms with Crippen LogP contribution in [0.25, 0.3) is 0 Å². The molecular weight excluding hydrogens is 924 g/mol. The first-order valence-corrected chi connectivity index (χ1v) is 31.6. The Morgan fingerprint density at radius 2 is 0.849 bits per heavy atom. The van der Waals surface area contributed by atoms with Gasteiger partial charge >= 0.3 is 0 Å². The third-order valence-corrected chi connectivity index (χ3v) is 14.0. The van der Waals surface area contributed by atoms with Crippen LogP contribution in [0, 0.1) is 0 Å². The van der Waals surface area contributed by atoms with Gasteiger partial charge in [0.05, 0.1) is 39.9 Å². The topological polar surface area (TPSA) is 108 Å². The van der Waals surface area contributed by atoms with Gasteiger partial charge in [-0.3, -0.25) is 9.36 Å². The summed E-state index contributed by atoms with van der Waals surface area (Å²) in [6, 6.07) is -0.903. The van der Waals surface area contributed by atoms with Crippen molar-refractivity contribution in [2.45, 2.75) is 264 Å². The van der Waals surface area contributed by atoms with Crippen LogP contribution in [-0.2, 0) is 18.4 Å². The predicted molar refractivity (Wildman–Crippen MR) is 316 cm³/mol. The molecule has 0 aliphatic heterocycles. The highest BCUT2D eigenvalue weighted by molar-refractivity contribution is 7.45. The van der Waals surface area contributed by atoms with Crippen LogP contribution < -0.4 is 10.2 Å². The first-order chi connectivity index (χ1) is 35.5. The number of hydrogen-bond acceptors (Lipinski definition) is 6. The molecule has 0 aromatic heterocycles. The third kappa shape index (κ3) is 57.0. The third-order valence-electron chi connectivity index (χ3n) is 13.0. The summed E-state index contributed by atoms with van der Waals surface area (Å²) in [4.78, 5) is 25.4. The van der Waals surface area contributed by atoms with Crippen LogP contribution in [0.2, 0.25) is 0 Å². The van der Waals surface area contributed by atoms with E-state index in [0.717, 1.165) is 77.0 Å². The highest BCUT2D eigenvalue weighted by atomic mass is 31.2. The molecule has 0 saturated carbocycles. The number of quaternary nitrogens is 1. The smallest absolute Gasteiger partial charge is 0.268 e. The molecule has 0 aromatic carbocycles. The molecule has 0 heterocycles. The Bertz CT molecular complexity index is 1510. The molecule has 1 amide bonds. The minimum atomic E-state index is -4.60. The maximum Gasteiger partial charge on any atom is 0.268 e. The molecule has 9 heteroatoms. The Morgan fingerprint density at radius 3 is 1.27 bits per heavy atom. The number of phosphoric acid groups is 1. The number of nitrogens with one attached hydrogen (secondary N) is 1. The highest BCUT2D eigenvalue weighted by Gasteiger charge is 2.23. The summed E-state index contributed by atoms with van der Waals surface area (Å²) in [5, 5.41) is 13.8. The molecule has 3 unspecified atom stereocenters. The van der Waals surface area contributed by atoms with E-state index < -0.39 is 26.6 Å². The van der Waals surface area contributed by atoms with Crippen molar-refractivity contribution in [2.24, 2.45) is 0 Å². The second-order valence-electron chi connectivity index (χ2n) is 21.3. The van der Waals surface area contributed by atoms with Crippen molar-refractivity contribution in [3.8, 4) is 0 Å². The Kier molecular flexibility index (Phi) is 52.3. The normalized spacial score (nSPS) is 14.6. The fourth-order valence-electron chi connectivity index (χ4n) is 8.35. The lowest BCUT2D eigenvalue weighted by molar-refractivity contribution is -0.870. The minimum Gasteiger partial charge on any atom is -0.756 e. The lowest BCUT2D eigenvalue weighted by Crippen LogP contribution is -2.45. The van der Waals surface area contributed by atoms with Gasteiger partial charge in [0.2, 0.25) is 5.91 Å². The average molecular weight is 1040 g/mol. The van der Waals surface area contributed by atoms with E-state index in [2.05, 4.69) is 104 Å². The number of amides is 1. The molecule has 0 aliphatic carbocycles. The molecule has 0 fully saturated rings. The number of likely N-dealkylation sites (N-methyl/N-ethyl adjacent to an activating group) is 1. The molecule has 0 aliphatic rings. The van der Waals surface area contributed by atoms with Gasteiger partial charge in [0.1, 0.15) is 13.2 Å². The zero-order valence-corrected chi connectivity index (χ0v) is 49.0. The SMILES string of the molecule is CC/C=C\C/C=C\C/C=C\C/C=C\C/C=C\C/C=C\CCCCCCCCCCCCCCCCCCCCCCCCC(=O)NC(COP(=O)([O-])OCC[N+](C)(C)C)C(O)/C=C/CC/C=C/CCCCCC. The number of carbonyl (C=O) groups excluding carboxylic acids is 1. The quantitative estimate of drug-likeness (QED) is 0.0272. The number of unbranched alkanes of at least 4 members (excludes halogenated alkanes) is 27. The lowest BCUT2D eigenvalue weighted by Gasteiger charge is -2.29. The van der Waals surface area contributed by atoms with Gasteiger partial charge in [0.15, 0.2) is 0 Å². The zero-order chi connectivity index (χ0) is 53.5. The van der Waals surface area contributed by atoms with Crippen molar-refractivity contribution < 1.29 is 32.9 Å². The van der Waals surface area contributed by atoms with Gasteiger partial charge in [-0.15, -0.1) is 0 Å². The molecule has 8 nitrogen and oxygen atoms in total. The largest absolute Gasteiger partial charge is 0.756 e. The summed E-state index contributed by atoms with van der Waals surface area (Å²) in [6.07, 6.45) is 78.2. The molecule has 0 saturated heterocycles. The Morgan fingerprint density at radius 1 is 0.493 bits per heavy atom. The fraction of sp³-hybridized carbons (Fsp3) is 0.734. The molecule has 0 spiro atoms. The summed E-state index contributed by atoms with van der Waals surface area (Å²) in [5.41, 5.74) is 0. The molecule has 0 aromatic rings. The first-order valence-electron chi connectivity index (χ1n) is 30.1. The number of rotatable bonds is 54. The van der Waals surface area contributed by atoms with E-state index in [-0.39, 0.29) is 12.5 Å². The predicted octanol–water partition coefficient (Wildman–Crippen LogP) is 18.0. The molecule has 0 rings (SSSR count). The van der Waals surface area contributed by atoms with Crippen LogP contribution >= 0.6 is 7.82 Å². The van der Waals surface area contributed by atoms with E-state index in [1.54, 1.807) is 6.08 Å². The van der Waals surface area contributed by atoms with Gasteiger partial charge in [-0.1, -0.05) is 259 Å². The summed E-state index contributed by atoms with van der Waals surface area (Å²) < 4.78 is 23.2. The summed E-state index contributed by atoms with van der Waals surface area (Å²) in [5.74, 6) is -0.209. The minimum absolute atomic E-state index is 0.00802. The maximum atomic E-state index is 12.9. The molecule has 422 valence electrons. The number of hydrogen-bond donors (Lipinski definition) is 2. The number of carbonyl (C=O) groups is 1. The summed E-state index contributed by atoms with van der Waals surface area (Å²) in [6.45, 7) is 4.47. The fourth-order valence-corrected chi connectivity index (χ4v) is 9.07. The van der Waals surface area contributed by atoms with Crippen molar-refractivity contribution in [3.05, 3.63) is 97.2 Å². The van der Waals surface area contributed by atoms with E-state index in [0.29, 0.717) is 17.4 Å². The van der Waals surface area contributed by atoms with Crippen LogP contribution in [0.15, 0.2) is 97.2 Å². The zero-order valence-electron chi connectivity index (χ0n) is 48.1. The van der Waals surface area contributed by atoms with E-state index in [1.165, 1.54) is 154 Å². The highest BCUT2D eigenvalue weighted by Crippen LogP contribution is 2.38. The van der Waals surface area contributed by atoms with Gasteiger partial charge in [0, 0.05) is 6.42 Å². The van der Waals surface area contributed by atoms with E-state index in [9.17, 15) is 19.4 Å². The second kappa shape index (κ2) is 54.2. The molecule has 2 N–H and O–H groups in total. The average Bonchev–Trinajstić information content (AvgIpc) is 3.35. The van der Waals surface area contributed by atoms with Gasteiger partial charge in [-0.2, -0.15) is 0 Å². The van der Waals surface area contributed by atoms with E-state index >= 15 is 0 Å². The summed E-state index contributed by atoms with van der Waals surface area (Å²) in [7, 11) is 1.24. The Balaban J connectivity index is 3.86. The van der Waals surface area contributed by atoms with Gasteiger partial charge < -0.3 is 28.8 Å². The van der Waals surface area contributed by atoms with Crippen LogP contribution in [0.1, 0.15) is 251 Å². The first kappa shape index (κ1) is 70.4. The van der Waals surface area contributed by atoms with Crippen molar-refractivity contribution >= 4 is 13.7 Å². The monoisotopic (exact) mass is 1040 g/mol. The van der Waals surface area contributed by atoms with Crippen molar-refractivity contribution in [1.29, 1.82) is 0 Å². The van der Waals surface area contributed by atoms with Crippen LogP contribution in [0.3, 0.4) is 0 Å². The standard InChI is InChI=1S/C64H115N2O6P/c1-6-8-10-12-14-16-18-19-20-21-22-23-24-25-26-27-28-29-30-31-32-33-34-35-36-37-38-39-40-41-42-43-44-45-46-47-48-50-52-54-56-58-64(68)65-62(61-72-73(69,70)71-60-59-66(3,4)5)63(67)57-55-53-51-49-17-15-13-11-9-7-2/h8,10,14,16-17,19-20,22-23,25-26,28-29,49,55,57,62-63,67H,6-7,9,11-13,15,18,21,24,27,30-48,50-54,56,58-61H2,1-5H3,(H-,65,68,69,70)/b10-8-,16-14-,20-19-,23-22-,26-25-,29-28-,49-17+,57-55+. The number of phosphoric ester groups is 1. The van der Waals surface area contributed by atoms with Crippen molar-refractivity contribution in [2.75, 3.05) is 40.9 Å². The van der Waals surface area contributed by atoms with Crippen LogP contribution in [-0.4, -0.2) is 68.5 Å². The summed E-state index contributed by atoms with van der Waals surface area (Å²) >= 11 is 0. The number of aliphatic hydroxyl groups excluding tert-OH is 1. The Hall–Kier alpha value is -2.58. The molecule has 3 atom stereocenters. The molecule has 0 radical (unpaired) electrons. The molecule has 0 bridgehead atoms. The lowest BCUT2D eigenvalue weighted by atomic mass is 10.0. The van der Waals surface area contributed by atoms with Crippen LogP contribution in [0.4, 0.5) is 0 Å².